The number of aromatic nitrogens is 3. The maximum atomic E-state index is 13.3. The zero-order valence-corrected chi connectivity index (χ0v) is 22.7. The number of rotatable bonds is 16. The van der Waals surface area contributed by atoms with Crippen molar-refractivity contribution in [2.75, 3.05) is 67.9 Å². The van der Waals surface area contributed by atoms with Gasteiger partial charge in [0.15, 0.2) is 12.3 Å². The predicted molar refractivity (Wildman–Crippen MR) is 134 cm³/mol. The van der Waals surface area contributed by atoms with E-state index in [1.54, 1.807) is 4.90 Å². The van der Waals surface area contributed by atoms with Gasteiger partial charge in [-0.05, 0) is 6.42 Å². The third-order valence-electron chi connectivity index (χ3n) is 6.45. The highest BCUT2D eigenvalue weighted by Crippen LogP contribution is 2.35. The van der Waals surface area contributed by atoms with Crippen molar-refractivity contribution in [3.8, 4) is 0 Å². The molecule has 2 atom stereocenters. The second-order valence-electron chi connectivity index (χ2n) is 8.89. The van der Waals surface area contributed by atoms with Gasteiger partial charge in [-0.1, -0.05) is 6.92 Å². The van der Waals surface area contributed by atoms with Gasteiger partial charge < -0.3 is 24.1 Å². The van der Waals surface area contributed by atoms with Gasteiger partial charge >= 0.3 is 29.1 Å². The SMILES string of the molecule is CCCN1C(=O)N(COCCn2c(=O)n(CCO)c(=O)n(CCOC)c2=O)C2C1N(COC)C(=O)N2COC. The summed E-state index contributed by atoms with van der Waals surface area (Å²) in [5.41, 5.74) is -2.57. The molecule has 2 fully saturated rings. The monoisotopic (exact) mass is 559 g/mol. The summed E-state index contributed by atoms with van der Waals surface area (Å²) < 4.78 is 23.5. The molecule has 2 unspecified atom stereocenters. The van der Waals surface area contributed by atoms with E-state index < -0.39 is 36.0 Å². The van der Waals surface area contributed by atoms with E-state index >= 15 is 0 Å². The fourth-order valence-corrected chi connectivity index (χ4v) is 4.76. The topological polar surface area (TPSA) is 170 Å². The molecule has 2 aliphatic rings. The largest absolute Gasteiger partial charge is 0.395 e. The number of ether oxygens (including phenoxy) is 4. The molecular formula is C22H37N7O10. The number of hydrogen-bond donors (Lipinski definition) is 1. The standard InChI is InChI=1S/C22H37N7O10/c1-5-6-23-16-17(28(14-38-4)22(35)27(16)13-37-3)29(18(23)31)15-39-12-9-26-20(33)24(7-10-30)19(32)25(21(26)34)8-11-36-2/h16-17,30H,5-15H2,1-4H3. The van der Waals surface area contributed by atoms with Crippen LogP contribution in [0.3, 0.4) is 0 Å². The Bertz CT molecular complexity index is 1180. The average molecular weight is 560 g/mol. The van der Waals surface area contributed by atoms with E-state index in [1.165, 1.54) is 36.0 Å². The number of carbonyl (C=O) groups excluding carboxylic acids is 2. The van der Waals surface area contributed by atoms with Crippen molar-refractivity contribution < 1.29 is 33.6 Å². The van der Waals surface area contributed by atoms with Gasteiger partial charge in [-0.15, -0.1) is 0 Å². The molecule has 2 saturated heterocycles. The minimum atomic E-state index is -0.884. The van der Waals surface area contributed by atoms with Crippen LogP contribution in [0.15, 0.2) is 14.4 Å². The van der Waals surface area contributed by atoms with Crippen molar-refractivity contribution in [1.82, 2.24) is 33.3 Å². The fraction of sp³-hybridized carbons (Fsp3) is 0.773. The van der Waals surface area contributed by atoms with Crippen molar-refractivity contribution in [1.29, 1.82) is 0 Å². The molecule has 2 aliphatic heterocycles. The number of nitrogens with zero attached hydrogens (tertiary/aromatic N) is 7. The molecule has 220 valence electrons. The van der Waals surface area contributed by atoms with Crippen molar-refractivity contribution in [3.63, 3.8) is 0 Å². The van der Waals surface area contributed by atoms with Gasteiger partial charge in [0.1, 0.15) is 20.2 Å². The summed E-state index contributed by atoms with van der Waals surface area (Å²) in [5, 5.41) is 9.29. The minimum absolute atomic E-state index is 0.0236. The molecule has 1 N–H and O–H groups in total. The van der Waals surface area contributed by atoms with Crippen molar-refractivity contribution in [2.45, 2.75) is 45.3 Å². The summed E-state index contributed by atoms with van der Waals surface area (Å²) >= 11 is 0. The van der Waals surface area contributed by atoms with Crippen LogP contribution in [0.25, 0.3) is 0 Å². The van der Waals surface area contributed by atoms with Gasteiger partial charge in [-0.25, -0.2) is 37.7 Å². The smallest absolute Gasteiger partial charge is 0.336 e. The van der Waals surface area contributed by atoms with E-state index in [-0.39, 0.29) is 65.1 Å². The minimum Gasteiger partial charge on any atom is -0.395 e. The number of hydrogen-bond acceptors (Lipinski definition) is 10. The number of amides is 4. The lowest BCUT2D eigenvalue weighted by Gasteiger charge is -2.29. The second-order valence-corrected chi connectivity index (χ2v) is 8.89. The molecule has 1 aromatic rings. The summed E-state index contributed by atoms with van der Waals surface area (Å²) in [5.74, 6) is 0. The number of methoxy groups -OCH3 is 3. The number of urea groups is 2. The van der Waals surface area contributed by atoms with Crippen LogP contribution >= 0.6 is 0 Å². The Morgan fingerprint density at radius 1 is 0.615 bits per heavy atom. The predicted octanol–water partition coefficient (Wildman–Crippen LogP) is -2.47. The van der Waals surface area contributed by atoms with Crippen LogP contribution < -0.4 is 17.1 Å². The lowest BCUT2D eigenvalue weighted by Crippen LogP contribution is -2.55. The second kappa shape index (κ2) is 13.7. The van der Waals surface area contributed by atoms with E-state index in [4.69, 9.17) is 18.9 Å². The Hall–Kier alpha value is -3.25. The lowest BCUT2D eigenvalue weighted by molar-refractivity contribution is -0.0194. The third-order valence-corrected chi connectivity index (χ3v) is 6.45. The van der Waals surface area contributed by atoms with Gasteiger partial charge in [-0.3, -0.25) is 19.6 Å². The first-order valence-corrected chi connectivity index (χ1v) is 12.5. The average Bonchev–Trinajstić information content (AvgIpc) is 3.32. The number of carbonyl (C=O) groups is 2. The maximum Gasteiger partial charge on any atom is 0.336 e. The molecule has 4 amide bonds. The van der Waals surface area contributed by atoms with Crippen molar-refractivity contribution in [2.24, 2.45) is 0 Å². The van der Waals surface area contributed by atoms with Gasteiger partial charge in [-0.2, -0.15) is 0 Å². The van der Waals surface area contributed by atoms with E-state index in [2.05, 4.69) is 0 Å². The first-order chi connectivity index (χ1) is 18.8. The quantitative estimate of drug-likeness (QED) is 0.214. The molecule has 0 bridgehead atoms. The molecule has 17 heteroatoms. The lowest BCUT2D eigenvalue weighted by atomic mass is 10.3. The zero-order chi connectivity index (χ0) is 28.7. The summed E-state index contributed by atoms with van der Waals surface area (Å²) in [7, 11) is 4.31. The molecule has 0 saturated carbocycles. The molecule has 0 radical (unpaired) electrons. The molecule has 3 rings (SSSR count). The molecule has 39 heavy (non-hydrogen) atoms. The highest BCUT2D eigenvalue weighted by Gasteiger charge is 2.59. The van der Waals surface area contributed by atoms with E-state index in [9.17, 15) is 29.1 Å². The molecule has 0 spiro atoms. The Morgan fingerprint density at radius 3 is 1.56 bits per heavy atom. The number of fused-ring (bicyclic) bond motifs is 1. The Morgan fingerprint density at radius 2 is 1.08 bits per heavy atom. The highest BCUT2D eigenvalue weighted by atomic mass is 16.5. The van der Waals surface area contributed by atoms with Crippen LogP contribution in [0, 0.1) is 0 Å². The van der Waals surface area contributed by atoms with E-state index in [1.807, 2.05) is 6.92 Å². The maximum absolute atomic E-state index is 13.3. The normalized spacial score (nSPS) is 19.1. The molecular weight excluding hydrogens is 522 g/mol. The van der Waals surface area contributed by atoms with E-state index in [0.717, 1.165) is 13.7 Å². The van der Waals surface area contributed by atoms with Crippen LogP contribution in [0.4, 0.5) is 9.59 Å². The molecule has 17 nitrogen and oxygen atoms in total. The van der Waals surface area contributed by atoms with Gasteiger partial charge in [0.25, 0.3) is 0 Å². The van der Waals surface area contributed by atoms with Crippen LogP contribution in [-0.4, -0.2) is 131 Å². The zero-order valence-electron chi connectivity index (χ0n) is 22.7. The van der Waals surface area contributed by atoms with Gasteiger partial charge in [0, 0.05) is 27.9 Å². The third kappa shape index (κ3) is 5.86. The summed E-state index contributed by atoms with van der Waals surface area (Å²) in [6.07, 6.45) is -0.682. The van der Waals surface area contributed by atoms with Crippen molar-refractivity contribution in [3.05, 3.63) is 31.5 Å². The summed E-state index contributed by atoms with van der Waals surface area (Å²) in [6.45, 7) is 0.827. The van der Waals surface area contributed by atoms with Crippen LogP contribution in [0.1, 0.15) is 13.3 Å². The first-order valence-electron chi connectivity index (χ1n) is 12.5. The van der Waals surface area contributed by atoms with Crippen LogP contribution in [0.2, 0.25) is 0 Å². The van der Waals surface area contributed by atoms with E-state index in [0.29, 0.717) is 13.0 Å². The fourth-order valence-electron chi connectivity index (χ4n) is 4.76. The first kappa shape index (κ1) is 30.3. The number of aliphatic hydroxyl groups excluding tert-OH is 1. The Balaban J connectivity index is 1.81. The molecule has 0 aliphatic carbocycles. The van der Waals surface area contributed by atoms with Gasteiger partial charge in [0.2, 0.25) is 0 Å². The highest BCUT2D eigenvalue weighted by molar-refractivity contribution is 5.85. The Labute approximate surface area is 224 Å². The Kier molecular flexibility index (Phi) is 10.6. The van der Waals surface area contributed by atoms with Crippen LogP contribution in [-0.2, 0) is 38.6 Å². The van der Waals surface area contributed by atoms with Crippen LogP contribution in [0.5, 0.6) is 0 Å². The van der Waals surface area contributed by atoms with Gasteiger partial charge in [0.05, 0.1) is 39.5 Å². The molecule has 0 aromatic carbocycles. The van der Waals surface area contributed by atoms with Crippen molar-refractivity contribution >= 4 is 12.1 Å². The number of aliphatic hydroxyl groups is 1. The molecule has 3 heterocycles. The molecule has 1 aromatic heterocycles. The summed E-state index contributed by atoms with van der Waals surface area (Å²) in [6, 6.07) is -0.709. The summed E-state index contributed by atoms with van der Waals surface area (Å²) in [4.78, 5) is 70.5.